The van der Waals surface area contributed by atoms with Crippen LogP contribution in [-0.4, -0.2) is 33.8 Å². The number of fused-ring (bicyclic) bond motifs is 3. The summed E-state index contributed by atoms with van der Waals surface area (Å²) in [6.45, 7) is 4.97. The number of hydrogen-bond acceptors (Lipinski definition) is 3. The van der Waals surface area contributed by atoms with Gasteiger partial charge in [-0.15, -0.1) is 0 Å². The molecule has 0 atom stereocenters. The van der Waals surface area contributed by atoms with Gasteiger partial charge in [-0.1, -0.05) is 30.3 Å². The van der Waals surface area contributed by atoms with Crippen LogP contribution in [0.25, 0.3) is 0 Å². The Morgan fingerprint density at radius 2 is 2.00 bits per heavy atom. The van der Waals surface area contributed by atoms with Crippen molar-refractivity contribution in [2.24, 2.45) is 4.99 Å². The summed E-state index contributed by atoms with van der Waals surface area (Å²) in [7, 11) is 0. The molecule has 2 aromatic rings. The third-order valence-corrected chi connectivity index (χ3v) is 4.13. The smallest absolute Gasteiger partial charge is 0.151 e. The lowest BCUT2D eigenvalue weighted by Crippen LogP contribution is -2.31. The molecule has 4 heteroatoms. The SMILES string of the molecule is C1=NCCn2c1nc1c2CCN(Cc2ccccc2)C1. The molecule has 102 valence electrons. The van der Waals surface area contributed by atoms with Gasteiger partial charge in [-0.3, -0.25) is 9.89 Å². The lowest BCUT2D eigenvalue weighted by molar-refractivity contribution is 0.239. The predicted octanol–water partition coefficient (Wildman–Crippen LogP) is 1.87. The Balaban J connectivity index is 1.55. The molecule has 0 spiro atoms. The van der Waals surface area contributed by atoms with Gasteiger partial charge < -0.3 is 4.57 Å². The highest BCUT2D eigenvalue weighted by Crippen LogP contribution is 2.22. The first kappa shape index (κ1) is 11.9. The summed E-state index contributed by atoms with van der Waals surface area (Å²) < 4.78 is 2.35. The maximum atomic E-state index is 4.76. The van der Waals surface area contributed by atoms with E-state index in [2.05, 4.69) is 44.8 Å². The van der Waals surface area contributed by atoms with E-state index in [0.29, 0.717) is 0 Å². The van der Waals surface area contributed by atoms with Crippen LogP contribution in [-0.2, 0) is 26.1 Å². The van der Waals surface area contributed by atoms with Crippen molar-refractivity contribution >= 4 is 6.21 Å². The molecule has 0 radical (unpaired) electrons. The minimum Gasteiger partial charge on any atom is -0.325 e. The van der Waals surface area contributed by atoms with Gasteiger partial charge in [0, 0.05) is 38.3 Å². The maximum Gasteiger partial charge on any atom is 0.151 e. The Labute approximate surface area is 118 Å². The lowest BCUT2D eigenvalue weighted by atomic mass is 10.1. The Morgan fingerprint density at radius 3 is 2.90 bits per heavy atom. The first-order chi connectivity index (χ1) is 9.90. The highest BCUT2D eigenvalue weighted by Gasteiger charge is 2.24. The van der Waals surface area contributed by atoms with Gasteiger partial charge in [-0.2, -0.15) is 0 Å². The zero-order valence-corrected chi connectivity index (χ0v) is 11.5. The maximum absolute atomic E-state index is 4.76. The van der Waals surface area contributed by atoms with Crippen molar-refractivity contribution < 1.29 is 0 Å². The molecule has 0 amide bonds. The molecule has 0 saturated heterocycles. The zero-order valence-electron chi connectivity index (χ0n) is 11.5. The predicted molar refractivity (Wildman–Crippen MR) is 78.9 cm³/mol. The van der Waals surface area contributed by atoms with E-state index in [1.807, 2.05) is 6.21 Å². The van der Waals surface area contributed by atoms with E-state index in [1.165, 1.54) is 17.0 Å². The average molecular weight is 266 g/mol. The van der Waals surface area contributed by atoms with Crippen molar-refractivity contribution in [3.63, 3.8) is 0 Å². The fourth-order valence-electron chi connectivity index (χ4n) is 3.15. The molecule has 2 aliphatic rings. The third kappa shape index (κ3) is 2.06. The van der Waals surface area contributed by atoms with Gasteiger partial charge in [0.1, 0.15) is 0 Å². The molecule has 1 aromatic heterocycles. The van der Waals surface area contributed by atoms with Crippen LogP contribution in [0.3, 0.4) is 0 Å². The number of rotatable bonds is 2. The topological polar surface area (TPSA) is 33.4 Å². The van der Waals surface area contributed by atoms with Crippen LogP contribution in [0.5, 0.6) is 0 Å². The normalized spacial score (nSPS) is 17.8. The van der Waals surface area contributed by atoms with Crippen LogP contribution < -0.4 is 0 Å². The summed E-state index contributed by atoms with van der Waals surface area (Å²) in [4.78, 5) is 11.6. The molecule has 3 heterocycles. The highest BCUT2D eigenvalue weighted by atomic mass is 15.2. The first-order valence-electron chi connectivity index (χ1n) is 7.24. The van der Waals surface area contributed by atoms with Crippen LogP contribution in [0.1, 0.15) is 22.8 Å². The third-order valence-electron chi connectivity index (χ3n) is 4.13. The van der Waals surface area contributed by atoms with E-state index in [9.17, 15) is 0 Å². The fraction of sp³-hybridized carbons (Fsp3) is 0.375. The molecule has 2 aliphatic heterocycles. The van der Waals surface area contributed by atoms with Crippen LogP contribution in [0.2, 0.25) is 0 Å². The summed E-state index contributed by atoms with van der Waals surface area (Å²) >= 11 is 0. The summed E-state index contributed by atoms with van der Waals surface area (Å²) in [6, 6.07) is 10.7. The molecule has 0 N–H and O–H groups in total. The van der Waals surface area contributed by atoms with Crippen LogP contribution in [0.4, 0.5) is 0 Å². The van der Waals surface area contributed by atoms with Gasteiger partial charge in [0.05, 0.1) is 18.5 Å². The van der Waals surface area contributed by atoms with Gasteiger partial charge in [-0.25, -0.2) is 4.98 Å². The molecule has 0 unspecified atom stereocenters. The van der Waals surface area contributed by atoms with Crippen LogP contribution in [0, 0.1) is 0 Å². The van der Waals surface area contributed by atoms with Crippen molar-refractivity contribution in [1.29, 1.82) is 0 Å². The summed E-state index contributed by atoms with van der Waals surface area (Å²) in [5.74, 6) is 1.04. The quantitative estimate of drug-likeness (QED) is 0.831. The van der Waals surface area contributed by atoms with Gasteiger partial charge in [0.2, 0.25) is 0 Å². The van der Waals surface area contributed by atoms with Crippen LogP contribution >= 0.6 is 0 Å². The second-order valence-corrected chi connectivity index (χ2v) is 5.50. The van der Waals surface area contributed by atoms with Crippen molar-refractivity contribution in [3.05, 3.63) is 53.1 Å². The molecular formula is C16H18N4. The number of hydrogen-bond donors (Lipinski definition) is 0. The van der Waals surface area contributed by atoms with Crippen molar-refractivity contribution in [2.75, 3.05) is 13.1 Å². The first-order valence-corrected chi connectivity index (χ1v) is 7.24. The molecule has 4 nitrogen and oxygen atoms in total. The van der Waals surface area contributed by atoms with Gasteiger partial charge in [0.15, 0.2) is 5.82 Å². The second-order valence-electron chi connectivity index (χ2n) is 5.50. The molecule has 0 bridgehead atoms. The second kappa shape index (κ2) is 4.87. The molecule has 4 rings (SSSR count). The van der Waals surface area contributed by atoms with Crippen molar-refractivity contribution in [3.8, 4) is 0 Å². The lowest BCUT2D eigenvalue weighted by Gasteiger charge is -2.27. The van der Waals surface area contributed by atoms with Crippen LogP contribution in [0.15, 0.2) is 35.3 Å². The van der Waals surface area contributed by atoms with Gasteiger partial charge >= 0.3 is 0 Å². The van der Waals surface area contributed by atoms with E-state index in [0.717, 1.165) is 45.0 Å². The number of aliphatic imine (C=N–C) groups is 1. The van der Waals surface area contributed by atoms with E-state index in [1.54, 1.807) is 0 Å². The summed E-state index contributed by atoms with van der Waals surface area (Å²) in [6.07, 6.45) is 3.02. The molecule has 1 aromatic carbocycles. The number of imidazole rings is 1. The monoisotopic (exact) mass is 266 g/mol. The molecular weight excluding hydrogens is 248 g/mol. The summed E-state index contributed by atoms with van der Waals surface area (Å²) in [5.41, 5.74) is 4.05. The number of aromatic nitrogens is 2. The molecule has 0 aliphatic carbocycles. The van der Waals surface area contributed by atoms with E-state index in [4.69, 9.17) is 4.98 Å². The zero-order chi connectivity index (χ0) is 13.4. The van der Waals surface area contributed by atoms with Gasteiger partial charge in [0.25, 0.3) is 0 Å². The minimum atomic E-state index is 0.892. The Bertz CT molecular complexity index is 642. The van der Waals surface area contributed by atoms with Gasteiger partial charge in [-0.05, 0) is 5.56 Å². The van der Waals surface area contributed by atoms with E-state index in [-0.39, 0.29) is 0 Å². The average Bonchev–Trinajstić information content (AvgIpc) is 2.86. The Hall–Kier alpha value is -1.94. The number of nitrogens with zero attached hydrogens (tertiary/aromatic N) is 4. The Kier molecular flexibility index (Phi) is 2.89. The molecule has 0 fully saturated rings. The highest BCUT2D eigenvalue weighted by molar-refractivity contribution is 5.76. The van der Waals surface area contributed by atoms with Crippen molar-refractivity contribution in [1.82, 2.24) is 14.5 Å². The molecule has 20 heavy (non-hydrogen) atoms. The van der Waals surface area contributed by atoms with E-state index < -0.39 is 0 Å². The minimum absolute atomic E-state index is 0.892. The molecule has 0 saturated carbocycles. The van der Waals surface area contributed by atoms with Crippen molar-refractivity contribution in [2.45, 2.75) is 26.1 Å². The summed E-state index contributed by atoms with van der Waals surface area (Å²) in [5, 5.41) is 0. The Morgan fingerprint density at radius 1 is 1.10 bits per heavy atom. The number of benzene rings is 1. The fourth-order valence-corrected chi connectivity index (χ4v) is 3.15. The standard InChI is InChI=1S/C16H18N4/c1-2-4-13(5-3-1)11-19-8-6-15-14(12-19)18-16-10-17-7-9-20(15)16/h1-5,10H,6-9,11-12H2. The van der Waals surface area contributed by atoms with E-state index >= 15 is 0 Å². The largest absolute Gasteiger partial charge is 0.325 e.